The average Bonchev–Trinajstić information content (AvgIpc) is 2.26. The van der Waals surface area contributed by atoms with Crippen LogP contribution in [0.4, 0.5) is 0 Å². The van der Waals surface area contributed by atoms with E-state index in [1.54, 1.807) is 0 Å². The number of sulfone groups is 1. The van der Waals surface area contributed by atoms with Crippen LogP contribution in [0.5, 0.6) is 0 Å². The number of hydrogen-bond donors (Lipinski definition) is 1. The fraction of sp³-hybridized carbons (Fsp3) is 0.818. The number of nitrogens with one attached hydrogen (secondary N) is 1. The van der Waals surface area contributed by atoms with Crippen molar-refractivity contribution in [2.24, 2.45) is 5.92 Å². The summed E-state index contributed by atoms with van der Waals surface area (Å²) >= 11 is 0. The minimum atomic E-state index is -3.29. The van der Waals surface area contributed by atoms with Crippen LogP contribution in [0, 0.1) is 5.92 Å². The van der Waals surface area contributed by atoms with E-state index in [0.29, 0.717) is 25.7 Å². The molecule has 0 bridgehead atoms. The highest BCUT2D eigenvalue weighted by Crippen LogP contribution is 2.25. The molecule has 0 radical (unpaired) electrons. The van der Waals surface area contributed by atoms with E-state index in [4.69, 9.17) is 0 Å². The van der Waals surface area contributed by atoms with Crippen molar-refractivity contribution in [1.29, 1.82) is 0 Å². The van der Waals surface area contributed by atoms with Gasteiger partial charge in [-0.3, -0.25) is 9.59 Å². The lowest BCUT2D eigenvalue weighted by Gasteiger charge is -2.27. The van der Waals surface area contributed by atoms with Gasteiger partial charge in [-0.15, -0.1) is 0 Å². The number of amides is 1. The minimum Gasteiger partial charge on any atom is -0.469 e. The first-order valence-corrected chi connectivity index (χ1v) is 7.93. The van der Waals surface area contributed by atoms with Crippen LogP contribution >= 0.6 is 0 Å². The van der Waals surface area contributed by atoms with E-state index in [-0.39, 0.29) is 17.9 Å². The van der Waals surface area contributed by atoms with Crippen molar-refractivity contribution < 1.29 is 22.7 Å². The highest BCUT2D eigenvalue weighted by molar-refractivity contribution is 7.91. The zero-order valence-electron chi connectivity index (χ0n) is 10.6. The quantitative estimate of drug-likeness (QED) is 0.724. The van der Waals surface area contributed by atoms with Crippen LogP contribution in [0.2, 0.25) is 0 Å². The van der Waals surface area contributed by atoms with E-state index in [1.807, 2.05) is 0 Å². The standard InChI is InChI=1S/C11H19NO5S/c1-17-11(14)8-3-5-9(6-4-8)12-10(13)7-18(2,15)16/h8-9H,3-7H2,1-2H3,(H,12,13). The molecule has 104 valence electrons. The highest BCUT2D eigenvalue weighted by Gasteiger charge is 2.27. The summed E-state index contributed by atoms with van der Waals surface area (Å²) in [7, 11) is -1.93. The maximum absolute atomic E-state index is 11.4. The molecule has 1 amide bonds. The summed E-state index contributed by atoms with van der Waals surface area (Å²) in [4.78, 5) is 22.7. The van der Waals surface area contributed by atoms with Crippen LogP contribution < -0.4 is 5.32 Å². The van der Waals surface area contributed by atoms with Crippen molar-refractivity contribution in [3.63, 3.8) is 0 Å². The fourth-order valence-electron chi connectivity index (χ4n) is 2.15. The van der Waals surface area contributed by atoms with Crippen LogP contribution in [0.15, 0.2) is 0 Å². The predicted octanol–water partition coefficient (Wildman–Crippen LogP) is -0.121. The minimum absolute atomic E-state index is 0.0415. The SMILES string of the molecule is COC(=O)C1CCC(NC(=O)CS(C)(=O)=O)CC1. The van der Waals surface area contributed by atoms with E-state index in [2.05, 4.69) is 10.1 Å². The van der Waals surface area contributed by atoms with E-state index >= 15 is 0 Å². The number of ether oxygens (including phenoxy) is 1. The average molecular weight is 277 g/mol. The summed E-state index contributed by atoms with van der Waals surface area (Å²) in [6.07, 6.45) is 3.71. The normalized spacial score (nSPS) is 24.3. The molecule has 1 rings (SSSR count). The summed E-state index contributed by atoms with van der Waals surface area (Å²) in [5.74, 6) is -1.27. The molecule has 7 heteroatoms. The first-order chi connectivity index (χ1) is 8.31. The van der Waals surface area contributed by atoms with Gasteiger partial charge in [0.15, 0.2) is 9.84 Å². The lowest BCUT2D eigenvalue weighted by Crippen LogP contribution is -2.41. The van der Waals surface area contributed by atoms with Gasteiger partial charge in [-0.2, -0.15) is 0 Å². The number of hydrogen-bond acceptors (Lipinski definition) is 5. The molecule has 0 atom stereocenters. The Labute approximate surface area is 107 Å². The summed E-state index contributed by atoms with van der Waals surface area (Å²) in [6.45, 7) is 0. The Hall–Kier alpha value is -1.11. The topological polar surface area (TPSA) is 89.5 Å². The molecule has 1 aliphatic carbocycles. The third-order valence-corrected chi connectivity index (χ3v) is 3.81. The Kier molecular flexibility index (Phi) is 5.13. The lowest BCUT2D eigenvalue weighted by atomic mass is 9.86. The third kappa shape index (κ3) is 5.03. The second-order valence-corrected chi connectivity index (χ2v) is 6.85. The van der Waals surface area contributed by atoms with E-state index in [9.17, 15) is 18.0 Å². The predicted molar refractivity (Wildman–Crippen MR) is 65.6 cm³/mol. The van der Waals surface area contributed by atoms with Gasteiger partial charge in [0.25, 0.3) is 0 Å². The molecule has 0 aliphatic heterocycles. The molecule has 1 saturated carbocycles. The summed E-state index contributed by atoms with van der Waals surface area (Å²) in [5, 5.41) is 2.68. The van der Waals surface area contributed by atoms with Gasteiger partial charge in [0.2, 0.25) is 5.91 Å². The number of rotatable bonds is 4. The zero-order valence-corrected chi connectivity index (χ0v) is 11.5. The second kappa shape index (κ2) is 6.17. The molecule has 1 aliphatic rings. The van der Waals surface area contributed by atoms with Crippen LogP contribution in [0.25, 0.3) is 0 Å². The molecule has 0 aromatic rings. The first-order valence-electron chi connectivity index (χ1n) is 5.86. The molecule has 0 spiro atoms. The van der Waals surface area contributed by atoms with Gasteiger partial charge in [0, 0.05) is 12.3 Å². The lowest BCUT2D eigenvalue weighted by molar-refractivity contribution is -0.146. The molecule has 0 aromatic carbocycles. The summed E-state index contributed by atoms with van der Waals surface area (Å²) < 4.78 is 26.5. The van der Waals surface area contributed by atoms with Gasteiger partial charge < -0.3 is 10.1 Å². The number of esters is 1. The van der Waals surface area contributed by atoms with Crippen LogP contribution in [0.1, 0.15) is 25.7 Å². The Morgan fingerprint density at radius 2 is 1.78 bits per heavy atom. The van der Waals surface area contributed by atoms with Gasteiger partial charge >= 0.3 is 5.97 Å². The summed E-state index contributed by atoms with van der Waals surface area (Å²) in [5.41, 5.74) is 0. The van der Waals surface area contributed by atoms with Crippen molar-refractivity contribution in [3.05, 3.63) is 0 Å². The van der Waals surface area contributed by atoms with Gasteiger partial charge in [0.1, 0.15) is 5.75 Å². The molecular weight excluding hydrogens is 258 g/mol. The van der Waals surface area contributed by atoms with E-state index < -0.39 is 21.5 Å². The molecule has 1 fully saturated rings. The van der Waals surface area contributed by atoms with E-state index in [1.165, 1.54) is 7.11 Å². The zero-order chi connectivity index (χ0) is 13.8. The number of carbonyl (C=O) groups is 2. The molecule has 0 saturated heterocycles. The highest BCUT2D eigenvalue weighted by atomic mass is 32.2. The van der Waals surface area contributed by atoms with Crippen molar-refractivity contribution in [2.75, 3.05) is 19.1 Å². The van der Waals surface area contributed by atoms with Crippen molar-refractivity contribution in [3.8, 4) is 0 Å². The molecule has 1 N–H and O–H groups in total. The van der Waals surface area contributed by atoms with Gasteiger partial charge in [-0.25, -0.2) is 8.42 Å². The van der Waals surface area contributed by atoms with Crippen LogP contribution in [-0.2, 0) is 24.2 Å². The largest absolute Gasteiger partial charge is 0.469 e. The smallest absolute Gasteiger partial charge is 0.308 e. The van der Waals surface area contributed by atoms with Crippen molar-refractivity contribution in [1.82, 2.24) is 5.32 Å². The second-order valence-electron chi connectivity index (χ2n) is 4.71. The fourth-order valence-corrected chi connectivity index (χ4v) is 2.71. The molecule has 0 aromatic heterocycles. The Bertz CT molecular complexity index is 409. The van der Waals surface area contributed by atoms with Crippen LogP contribution in [-0.4, -0.2) is 45.5 Å². The van der Waals surface area contributed by atoms with Crippen molar-refractivity contribution >= 4 is 21.7 Å². The maximum Gasteiger partial charge on any atom is 0.308 e. The van der Waals surface area contributed by atoms with Gasteiger partial charge in [-0.1, -0.05) is 0 Å². The monoisotopic (exact) mass is 277 g/mol. The Balaban J connectivity index is 2.36. The van der Waals surface area contributed by atoms with Crippen LogP contribution in [0.3, 0.4) is 0 Å². The molecule has 6 nitrogen and oxygen atoms in total. The molecule has 18 heavy (non-hydrogen) atoms. The Morgan fingerprint density at radius 3 is 2.22 bits per heavy atom. The molecule has 0 heterocycles. The Morgan fingerprint density at radius 1 is 1.22 bits per heavy atom. The van der Waals surface area contributed by atoms with Crippen molar-refractivity contribution in [2.45, 2.75) is 31.7 Å². The van der Waals surface area contributed by atoms with Gasteiger partial charge in [0.05, 0.1) is 13.0 Å². The molecule has 0 unspecified atom stereocenters. The third-order valence-electron chi connectivity index (χ3n) is 3.02. The summed E-state index contributed by atoms with van der Waals surface area (Å²) in [6, 6.07) is -0.0415. The first kappa shape index (κ1) is 14.9. The molecular formula is C11H19NO5S. The number of methoxy groups -OCH3 is 1. The van der Waals surface area contributed by atoms with E-state index in [0.717, 1.165) is 6.26 Å². The number of carbonyl (C=O) groups excluding carboxylic acids is 2. The maximum atomic E-state index is 11.4. The van der Waals surface area contributed by atoms with Gasteiger partial charge in [-0.05, 0) is 25.7 Å².